The van der Waals surface area contributed by atoms with Crippen LogP contribution in [0.2, 0.25) is 5.02 Å². The predicted octanol–water partition coefficient (Wildman–Crippen LogP) is 2.33. The van der Waals surface area contributed by atoms with Crippen LogP contribution >= 0.6 is 11.6 Å². The van der Waals surface area contributed by atoms with Gasteiger partial charge in [0.05, 0.1) is 23.4 Å². The molecule has 3 atom stereocenters. The molecule has 0 saturated heterocycles. The molecule has 0 radical (unpaired) electrons. The quantitative estimate of drug-likeness (QED) is 0.378. The minimum absolute atomic E-state index is 0.160. The lowest BCUT2D eigenvalue weighted by atomic mass is 10.1. The van der Waals surface area contributed by atoms with Gasteiger partial charge in [-0.1, -0.05) is 24.6 Å². The van der Waals surface area contributed by atoms with Crippen LogP contribution in [0.3, 0.4) is 0 Å². The Balaban J connectivity index is 2.02. The van der Waals surface area contributed by atoms with Gasteiger partial charge in [-0.25, -0.2) is 23.4 Å². The second kappa shape index (κ2) is 10.8. The maximum atomic E-state index is 13.3. The molecule has 0 aromatic carbocycles. The maximum Gasteiger partial charge on any atom is 0.239 e. The van der Waals surface area contributed by atoms with Crippen molar-refractivity contribution in [2.45, 2.75) is 38.0 Å². The smallest absolute Gasteiger partial charge is 0.239 e. The minimum Gasteiger partial charge on any atom is -0.481 e. The molecule has 3 aromatic heterocycles. The van der Waals surface area contributed by atoms with Gasteiger partial charge < -0.3 is 10.5 Å². The van der Waals surface area contributed by atoms with Gasteiger partial charge in [-0.3, -0.25) is 14.1 Å². The number of anilines is 1. The van der Waals surface area contributed by atoms with E-state index in [9.17, 15) is 13.2 Å². The first-order valence-electron chi connectivity index (χ1n) is 10.5. The van der Waals surface area contributed by atoms with Gasteiger partial charge in [0.1, 0.15) is 11.5 Å². The summed E-state index contributed by atoms with van der Waals surface area (Å²) in [6, 6.07) is 4.06. The van der Waals surface area contributed by atoms with E-state index in [0.717, 1.165) is 6.20 Å². The average molecular weight is 521 g/mol. The molecule has 3 aromatic rings. The molecular weight excluding hydrogens is 496 g/mol. The number of carbonyl (C=O) groups is 1. The molecule has 0 aliphatic rings. The molecule has 186 valence electrons. The molecule has 0 spiro atoms. The Hall–Kier alpha value is -3.58. The third-order valence-corrected chi connectivity index (χ3v) is 7.44. The zero-order chi connectivity index (χ0) is 25.8. The maximum absolute atomic E-state index is 13.3. The summed E-state index contributed by atoms with van der Waals surface area (Å²) in [7, 11) is -2.57. The average Bonchev–Trinajstić information content (AvgIpc) is 3.25. The third kappa shape index (κ3) is 5.74. The summed E-state index contributed by atoms with van der Waals surface area (Å²) in [5, 5.41) is 7.48. The zero-order valence-electron chi connectivity index (χ0n) is 19.5. The number of nitrogens with one attached hydrogen (secondary N) is 1. The van der Waals surface area contributed by atoms with Crippen LogP contribution in [-0.2, 0) is 14.8 Å². The predicted molar refractivity (Wildman–Crippen MR) is 130 cm³/mol. The molecule has 0 amide bonds. The van der Waals surface area contributed by atoms with Crippen LogP contribution in [-0.4, -0.2) is 56.3 Å². The molecule has 3 N–H and O–H groups in total. The number of methoxy groups -OCH3 is 1. The highest BCUT2D eigenvalue weighted by molar-refractivity contribution is 7.93. The molecule has 12 nitrogen and oxygen atoms in total. The van der Waals surface area contributed by atoms with Crippen LogP contribution in [0, 0.1) is 0 Å². The Morgan fingerprint density at radius 1 is 1.20 bits per heavy atom. The number of ketones is 1. The van der Waals surface area contributed by atoms with Crippen molar-refractivity contribution in [2.75, 3.05) is 11.8 Å². The fraction of sp³-hybridized carbons (Fsp3) is 0.333. The number of halogens is 1. The van der Waals surface area contributed by atoms with E-state index in [4.69, 9.17) is 22.1 Å². The topological polar surface area (TPSA) is 168 Å². The third-order valence-electron chi connectivity index (χ3n) is 5.39. The Labute approximate surface area is 207 Å². The Bertz CT molecular complexity index is 1330. The lowest BCUT2D eigenvalue weighted by molar-refractivity contribution is -0.117. The number of aromatic nitrogens is 6. The highest BCUT2D eigenvalue weighted by Gasteiger charge is 2.32. The summed E-state index contributed by atoms with van der Waals surface area (Å²) in [6.45, 7) is 4.77. The monoisotopic (exact) mass is 520 g/mol. The van der Waals surface area contributed by atoms with Crippen LogP contribution in [0.1, 0.15) is 38.6 Å². The normalized spacial score (nSPS) is 14.4. The molecule has 0 unspecified atom stereocenters. The summed E-state index contributed by atoms with van der Waals surface area (Å²) in [5.41, 5.74) is 5.71. The second-order valence-electron chi connectivity index (χ2n) is 7.62. The van der Waals surface area contributed by atoms with E-state index in [1.54, 1.807) is 32.0 Å². The lowest BCUT2D eigenvalue weighted by Crippen LogP contribution is -2.32. The molecular formula is C21H25ClN8O4S. The summed E-state index contributed by atoms with van der Waals surface area (Å²) < 4.78 is 35.5. The number of hydrogen-bond donors (Lipinski definition) is 2. The molecule has 0 fully saturated rings. The Morgan fingerprint density at radius 3 is 2.51 bits per heavy atom. The number of ether oxygens (including phenoxy) is 1. The minimum atomic E-state index is -4.03. The fourth-order valence-corrected chi connectivity index (χ4v) is 4.51. The van der Waals surface area contributed by atoms with E-state index in [1.807, 2.05) is 0 Å². The fourth-order valence-electron chi connectivity index (χ4n) is 3.17. The first-order valence-corrected chi connectivity index (χ1v) is 12.4. The molecule has 14 heteroatoms. The molecule has 3 rings (SSSR count). The van der Waals surface area contributed by atoms with Crippen molar-refractivity contribution >= 4 is 33.4 Å². The van der Waals surface area contributed by atoms with Crippen molar-refractivity contribution < 1.29 is 17.9 Å². The van der Waals surface area contributed by atoms with Gasteiger partial charge in [-0.15, -0.1) is 10.2 Å². The molecule has 3 heterocycles. The van der Waals surface area contributed by atoms with Crippen LogP contribution < -0.4 is 15.2 Å². The first-order chi connectivity index (χ1) is 16.6. The van der Waals surface area contributed by atoms with Gasteiger partial charge in [0.25, 0.3) is 0 Å². The van der Waals surface area contributed by atoms with E-state index in [-0.39, 0.29) is 11.8 Å². The van der Waals surface area contributed by atoms with Gasteiger partial charge >= 0.3 is 0 Å². The lowest BCUT2D eigenvalue weighted by Gasteiger charge is -2.21. The van der Waals surface area contributed by atoms with Crippen molar-refractivity contribution in [2.24, 2.45) is 5.73 Å². The van der Waals surface area contributed by atoms with Crippen molar-refractivity contribution in [3.05, 3.63) is 53.7 Å². The van der Waals surface area contributed by atoms with Crippen molar-refractivity contribution in [1.82, 2.24) is 29.7 Å². The number of rotatable bonds is 10. The first kappa shape index (κ1) is 26.0. The largest absolute Gasteiger partial charge is 0.481 e. The van der Waals surface area contributed by atoms with Crippen LogP contribution in [0.25, 0.3) is 11.5 Å². The van der Waals surface area contributed by atoms with Crippen molar-refractivity contribution in [3.63, 3.8) is 0 Å². The molecule has 0 aliphatic heterocycles. The number of nitrogens with zero attached hydrogens (tertiary/aromatic N) is 6. The van der Waals surface area contributed by atoms with Gasteiger partial charge in [-0.2, -0.15) is 0 Å². The van der Waals surface area contributed by atoms with Crippen LogP contribution in [0.4, 0.5) is 5.95 Å². The molecule has 0 saturated carbocycles. The zero-order valence-corrected chi connectivity index (χ0v) is 21.0. The summed E-state index contributed by atoms with van der Waals surface area (Å²) in [6.07, 6.45) is 5.07. The van der Waals surface area contributed by atoms with Gasteiger partial charge in [0, 0.05) is 24.4 Å². The van der Waals surface area contributed by atoms with Crippen LogP contribution in [0.15, 0.2) is 42.9 Å². The SMILES string of the molecule is COc1cccc(-c2nnc(NS(=O)(=O)[C@@H](C)[C@H](C)c3ncc(Cl)cn3)n2[C@@H](C)C(=O)C=CN)n1. The molecule has 0 bridgehead atoms. The standard InChI is InChI=1S/C21H25ClN8O4S/c1-12(19-24-10-15(22)11-25-19)14(3)35(32,33)29-21-28-27-20(16-6-5-7-18(26-16)34-4)30(21)13(2)17(31)8-9-23/h5-14H,23H2,1-4H3,(H,28,29)/t12-,13-,14-/m0/s1. The van der Waals surface area contributed by atoms with Crippen LogP contribution in [0.5, 0.6) is 5.88 Å². The number of carbonyl (C=O) groups excluding carboxylic acids is 1. The van der Waals surface area contributed by atoms with E-state index >= 15 is 0 Å². The van der Waals surface area contributed by atoms with Gasteiger partial charge in [0.2, 0.25) is 21.9 Å². The summed E-state index contributed by atoms with van der Waals surface area (Å²) in [5.74, 6) is -0.355. The highest BCUT2D eigenvalue weighted by Crippen LogP contribution is 2.28. The summed E-state index contributed by atoms with van der Waals surface area (Å²) in [4.78, 5) is 25.2. The number of sulfonamides is 1. The van der Waals surface area contributed by atoms with Gasteiger partial charge in [0.15, 0.2) is 11.6 Å². The number of allylic oxidation sites excluding steroid dienone is 1. The number of pyridine rings is 1. The summed E-state index contributed by atoms with van der Waals surface area (Å²) >= 11 is 5.83. The second-order valence-corrected chi connectivity index (χ2v) is 10.1. The van der Waals surface area contributed by atoms with E-state index < -0.39 is 33.0 Å². The van der Waals surface area contributed by atoms with Gasteiger partial charge in [-0.05, 0) is 32.2 Å². The van der Waals surface area contributed by atoms with E-state index in [1.165, 1.54) is 37.1 Å². The Morgan fingerprint density at radius 2 is 1.89 bits per heavy atom. The highest BCUT2D eigenvalue weighted by atomic mass is 35.5. The van der Waals surface area contributed by atoms with Crippen molar-refractivity contribution in [3.8, 4) is 17.4 Å². The van der Waals surface area contributed by atoms with E-state index in [0.29, 0.717) is 22.4 Å². The Kier molecular flexibility index (Phi) is 8.02. The van der Waals surface area contributed by atoms with Crippen molar-refractivity contribution in [1.29, 1.82) is 0 Å². The number of hydrogen-bond acceptors (Lipinski definition) is 10. The number of nitrogens with two attached hydrogens (primary N) is 1. The molecule has 35 heavy (non-hydrogen) atoms. The van der Waals surface area contributed by atoms with E-state index in [2.05, 4.69) is 29.9 Å². The molecule has 0 aliphatic carbocycles.